The van der Waals surface area contributed by atoms with Crippen molar-refractivity contribution in [2.24, 2.45) is 5.92 Å². The van der Waals surface area contributed by atoms with Crippen LogP contribution in [0.15, 0.2) is 0 Å². The molecule has 1 heterocycles. The van der Waals surface area contributed by atoms with Gasteiger partial charge >= 0.3 is 0 Å². The Morgan fingerprint density at radius 3 is 2.79 bits per heavy atom. The van der Waals surface area contributed by atoms with Gasteiger partial charge in [-0.25, -0.2) is 0 Å². The molecule has 0 aromatic carbocycles. The van der Waals surface area contributed by atoms with Gasteiger partial charge in [0, 0.05) is 13.0 Å². The average Bonchev–Trinajstić information content (AvgIpc) is 2.23. The fourth-order valence-corrected chi connectivity index (χ4v) is 1.67. The smallest absolute Gasteiger partial charge is 0.283 e. The van der Waals surface area contributed by atoms with Crippen molar-refractivity contribution in [2.45, 2.75) is 31.5 Å². The molecule has 5 atom stereocenters. The van der Waals surface area contributed by atoms with Crippen molar-refractivity contribution in [2.75, 3.05) is 13.7 Å². The third kappa shape index (κ3) is 2.09. The monoisotopic (exact) mass is 203 g/mol. The molecule has 1 fully saturated rings. The van der Waals surface area contributed by atoms with Crippen LogP contribution in [-0.2, 0) is 14.1 Å². The van der Waals surface area contributed by atoms with Gasteiger partial charge in [0.1, 0.15) is 12.2 Å². The zero-order valence-electron chi connectivity index (χ0n) is 9.25. The Kier molecular flexibility index (Phi) is 3.77. The van der Waals surface area contributed by atoms with Gasteiger partial charge in [0.2, 0.25) is 1.43 Å². The molecule has 0 aliphatic carbocycles. The van der Waals surface area contributed by atoms with E-state index in [-0.39, 0.29) is 12.5 Å². The molecule has 1 rings (SSSR count). The van der Waals surface area contributed by atoms with Gasteiger partial charge in [-0.3, -0.25) is 0 Å². The molecule has 80 valence electrons. The zero-order chi connectivity index (χ0) is 11.4. The quantitative estimate of drug-likeness (QED) is 0.562. The maximum atomic E-state index is 9.56. The van der Waals surface area contributed by atoms with E-state index in [0.29, 0.717) is 0 Å². The van der Waals surface area contributed by atoms with E-state index in [1.807, 2.05) is 0 Å². The number of hydrogen-bond acceptors (Lipinski definition) is 5. The van der Waals surface area contributed by atoms with Crippen LogP contribution in [0.5, 0.6) is 0 Å². The summed E-state index contributed by atoms with van der Waals surface area (Å²) >= 11 is 0. The summed E-state index contributed by atoms with van der Waals surface area (Å²) in [5.41, 5.74) is 0. The third-order valence-corrected chi connectivity index (χ3v) is 2.57. The first kappa shape index (κ1) is 10.4. The van der Waals surface area contributed by atoms with Crippen molar-refractivity contribution in [3.63, 3.8) is 0 Å². The van der Waals surface area contributed by atoms with Crippen LogP contribution in [0, 0.1) is 5.92 Å². The first-order valence-electron chi connectivity index (χ1n) is 4.86. The molecule has 0 bridgehead atoms. The molecule has 1 unspecified atom stereocenters. The molecule has 5 nitrogen and oxygen atoms in total. The number of methoxy groups -OCH3 is 1. The first-order valence-corrected chi connectivity index (χ1v) is 4.45. The van der Waals surface area contributed by atoms with Crippen LogP contribution in [0.25, 0.3) is 0 Å². The van der Waals surface area contributed by atoms with E-state index in [1.54, 1.807) is 6.92 Å². The maximum absolute atomic E-state index is 9.56. The van der Waals surface area contributed by atoms with E-state index >= 15 is 0 Å². The highest BCUT2D eigenvalue weighted by atomic mass is 16.6. The maximum Gasteiger partial charge on any atom is 0.283 e. The lowest BCUT2D eigenvalue weighted by molar-refractivity contribution is -0.265. The molecule has 1 aliphatic rings. The molecule has 1 aliphatic heterocycles. The minimum Gasteiger partial charge on any atom is -0.442 e. The van der Waals surface area contributed by atoms with Gasteiger partial charge < -0.3 is 24.3 Å². The second-order valence-corrected chi connectivity index (χ2v) is 3.39. The van der Waals surface area contributed by atoms with Crippen LogP contribution < -0.4 is 0 Å². The van der Waals surface area contributed by atoms with Gasteiger partial charge in [0.25, 0.3) is 8.05 Å². The fraction of sp³-hybridized carbons (Fsp3) is 1.00. The Balaban J connectivity index is 2.73. The second kappa shape index (κ2) is 5.09. The summed E-state index contributed by atoms with van der Waals surface area (Å²) in [7, 11) is 6.63. The largest absolute Gasteiger partial charge is 0.442 e. The highest BCUT2D eigenvalue weighted by Crippen LogP contribution is 2.27. The van der Waals surface area contributed by atoms with Crippen molar-refractivity contribution in [3.8, 4) is 0 Å². The van der Waals surface area contributed by atoms with Gasteiger partial charge in [0.15, 0.2) is 6.29 Å². The highest BCUT2D eigenvalue weighted by molar-refractivity contribution is 5.98. The Morgan fingerprint density at radius 2 is 2.29 bits per heavy atom. The molecule has 0 aromatic heterocycles. The standard InChI is InChI=1S/C8H15BO5/c1-4-6(14-9)7(12-2)5(3-10)13-8(4)11/h4-8,10-11H,3H2,1-2H3/t4-,5-,6-,7-,8?/m1/s1/i10D. The van der Waals surface area contributed by atoms with Crippen LogP contribution in [0.3, 0.4) is 0 Å². The van der Waals surface area contributed by atoms with Crippen molar-refractivity contribution in [1.82, 2.24) is 0 Å². The van der Waals surface area contributed by atoms with Crippen LogP contribution in [0.2, 0.25) is 0 Å². The summed E-state index contributed by atoms with van der Waals surface area (Å²) in [5, 5.41) is 13.8. The summed E-state index contributed by atoms with van der Waals surface area (Å²) < 4.78 is 21.8. The van der Waals surface area contributed by atoms with E-state index in [4.69, 9.17) is 23.6 Å². The minimum absolute atomic E-state index is 0.0118. The lowest BCUT2D eigenvalue weighted by Crippen LogP contribution is -2.56. The molecule has 1 saturated heterocycles. The third-order valence-electron chi connectivity index (χ3n) is 2.57. The van der Waals surface area contributed by atoms with Crippen molar-refractivity contribution < 1.29 is 24.3 Å². The van der Waals surface area contributed by atoms with E-state index in [0.717, 1.165) is 0 Å². The van der Waals surface area contributed by atoms with Crippen LogP contribution in [0.4, 0.5) is 0 Å². The zero-order valence-corrected chi connectivity index (χ0v) is 8.25. The summed E-state index contributed by atoms with van der Waals surface area (Å²) in [6.07, 6.45) is -2.50. The van der Waals surface area contributed by atoms with Crippen LogP contribution in [0.1, 0.15) is 6.92 Å². The average molecular weight is 203 g/mol. The Hall–Kier alpha value is -0.135. The van der Waals surface area contributed by atoms with E-state index in [2.05, 4.69) is 5.11 Å². The van der Waals surface area contributed by atoms with E-state index in [9.17, 15) is 5.11 Å². The number of hydrogen-bond donors (Lipinski definition) is 2. The molecule has 0 amide bonds. The second-order valence-electron chi connectivity index (χ2n) is 3.39. The van der Waals surface area contributed by atoms with Crippen LogP contribution in [-0.4, -0.2) is 58.0 Å². The molecule has 0 aromatic rings. The molecule has 0 spiro atoms. The Morgan fingerprint density at radius 1 is 1.57 bits per heavy atom. The molecule has 0 saturated carbocycles. The fourth-order valence-electron chi connectivity index (χ4n) is 1.67. The summed E-state index contributed by atoms with van der Waals surface area (Å²) in [4.78, 5) is 0. The van der Waals surface area contributed by atoms with E-state index < -0.39 is 24.6 Å². The molecule has 6 heteroatoms. The molecule has 2 N–H and O–H groups in total. The van der Waals surface area contributed by atoms with Gasteiger partial charge in [0.05, 0.1) is 12.7 Å². The lowest BCUT2D eigenvalue weighted by Gasteiger charge is -2.42. The van der Waals surface area contributed by atoms with Gasteiger partial charge in [-0.05, 0) is 0 Å². The number of aliphatic hydroxyl groups excluding tert-OH is 2. The Labute approximate surface area is 85.9 Å². The van der Waals surface area contributed by atoms with Crippen molar-refractivity contribution in [3.05, 3.63) is 0 Å². The summed E-state index contributed by atoms with van der Waals surface area (Å²) in [5.74, 6) is -0.304. The Bertz CT molecular complexity index is 196. The van der Waals surface area contributed by atoms with Gasteiger partial charge in [-0.1, -0.05) is 6.92 Å². The number of aliphatic hydroxyl groups is 2. The summed E-state index contributed by atoms with van der Waals surface area (Å²) in [6.45, 7) is 1.73. The molecular formula is C8H15BO5. The normalized spacial score (nSPS) is 44.8. The highest BCUT2D eigenvalue weighted by Gasteiger charge is 2.42. The molecule has 2 radical (unpaired) electrons. The van der Waals surface area contributed by atoms with Crippen LogP contribution >= 0.6 is 0 Å². The lowest BCUT2D eigenvalue weighted by atomic mass is 9.92. The van der Waals surface area contributed by atoms with Crippen molar-refractivity contribution in [1.29, 1.82) is 1.43 Å². The van der Waals surface area contributed by atoms with Gasteiger partial charge in [-0.2, -0.15) is 0 Å². The minimum atomic E-state index is -0.995. The number of ether oxygens (including phenoxy) is 2. The summed E-state index contributed by atoms with van der Waals surface area (Å²) in [6, 6.07) is 0. The molecular weight excluding hydrogens is 187 g/mol. The topological polar surface area (TPSA) is 68.2 Å². The predicted octanol–water partition coefficient (Wildman–Crippen LogP) is -1.18. The van der Waals surface area contributed by atoms with Crippen molar-refractivity contribution >= 4 is 8.05 Å². The molecule has 14 heavy (non-hydrogen) atoms. The first-order chi connectivity index (χ1) is 7.15. The SMILES string of the molecule is [2H]OC[C@H]1OC(O)[C@H](C)[C@@H](O[B])[C@@H]1OC. The van der Waals surface area contributed by atoms with Gasteiger partial charge in [-0.15, -0.1) is 0 Å². The predicted molar refractivity (Wildman–Crippen MR) is 48.6 cm³/mol. The number of rotatable bonds is 4. The van der Waals surface area contributed by atoms with E-state index in [1.165, 1.54) is 7.11 Å².